The fourth-order valence-electron chi connectivity index (χ4n) is 2.75. The molecule has 0 rings (SSSR count). The van der Waals surface area contributed by atoms with E-state index in [-0.39, 0.29) is 6.04 Å². The molecule has 0 fully saturated rings. The van der Waals surface area contributed by atoms with Gasteiger partial charge >= 0.3 is 6.03 Å². The number of nitrogens with one attached hydrogen (secondary N) is 1. The van der Waals surface area contributed by atoms with Crippen LogP contribution in [-0.2, 0) is 14.2 Å². The van der Waals surface area contributed by atoms with Gasteiger partial charge < -0.3 is 25.3 Å². The van der Waals surface area contributed by atoms with Gasteiger partial charge in [0.15, 0.2) is 0 Å². The number of amides is 2. The Morgan fingerprint density at radius 3 is 1.87 bits per heavy atom. The van der Waals surface area contributed by atoms with E-state index < -0.39 is 12.0 Å². The van der Waals surface area contributed by atoms with Crippen molar-refractivity contribution in [1.82, 2.24) is 5.32 Å². The first-order valence-electron chi connectivity index (χ1n) is 8.75. The van der Waals surface area contributed by atoms with E-state index in [9.17, 15) is 4.79 Å². The Kier molecular flexibility index (Phi) is 13.1. The second-order valence-electron chi connectivity index (χ2n) is 5.92. The molecule has 0 radical (unpaired) electrons. The highest BCUT2D eigenvalue weighted by Gasteiger charge is 2.28. The lowest BCUT2D eigenvalue weighted by Gasteiger charge is -2.28. The lowest BCUT2D eigenvalue weighted by atomic mass is 10.0. The van der Waals surface area contributed by atoms with Crippen LogP contribution < -0.4 is 11.1 Å². The molecule has 23 heavy (non-hydrogen) atoms. The van der Waals surface area contributed by atoms with Crippen LogP contribution >= 0.6 is 0 Å². The lowest BCUT2D eigenvalue weighted by Crippen LogP contribution is -2.38. The molecular formula is C17H36N2O4. The average Bonchev–Trinajstić information content (AvgIpc) is 2.56. The molecule has 0 saturated heterocycles. The van der Waals surface area contributed by atoms with E-state index >= 15 is 0 Å². The molecule has 3 N–H and O–H groups in total. The molecule has 0 saturated carbocycles. The van der Waals surface area contributed by atoms with E-state index in [0.717, 1.165) is 38.5 Å². The zero-order valence-electron chi connectivity index (χ0n) is 15.4. The van der Waals surface area contributed by atoms with Gasteiger partial charge in [0.2, 0.25) is 0 Å². The first-order chi connectivity index (χ1) is 11.0. The number of hydrogen-bond acceptors (Lipinski definition) is 4. The van der Waals surface area contributed by atoms with E-state index in [1.165, 1.54) is 25.7 Å². The van der Waals surface area contributed by atoms with Gasteiger partial charge in [-0.1, -0.05) is 45.4 Å². The van der Waals surface area contributed by atoms with Crippen LogP contribution in [0.4, 0.5) is 4.79 Å². The van der Waals surface area contributed by atoms with Crippen molar-refractivity contribution in [2.24, 2.45) is 5.73 Å². The van der Waals surface area contributed by atoms with Crippen LogP contribution in [0.5, 0.6) is 0 Å². The molecule has 138 valence electrons. The number of carbonyl (C=O) groups is 1. The molecule has 0 aliphatic rings. The summed E-state index contributed by atoms with van der Waals surface area (Å²) in [6, 6.07) is -0.200. The molecule has 0 aromatic heterocycles. The van der Waals surface area contributed by atoms with E-state index in [1.54, 1.807) is 21.3 Å². The Labute approximate surface area is 141 Å². The van der Waals surface area contributed by atoms with Crippen molar-refractivity contribution in [3.8, 4) is 0 Å². The largest absolute Gasteiger partial charge is 0.352 e. The molecule has 6 heteroatoms. The zero-order chi connectivity index (χ0) is 17.6. The predicted molar refractivity (Wildman–Crippen MR) is 92.1 cm³/mol. The second kappa shape index (κ2) is 13.6. The number of methoxy groups -OCH3 is 3. The highest BCUT2D eigenvalue weighted by molar-refractivity contribution is 5.71. The molecule has 0 bridgehead atoms. The van der Waals surface area contributed by atoms with E-state index in [4.69, 9.17) is 19.9 Å². The number of urea groups is 1. The van der Waals surface area contributed by atoms with Gasteiger partial charge in [0.25, 0.3) is 5.97 Å². The number of unbranched alkanes of at least 4 members (excludes halogenated alkanes) is 6. The summed E-state index contributed by atoms with van der Waals surface area (Å²) >= 11 is 0. The molecule has 0 aliphatic carbocycles. The number of nitrogens with two attached hydrogens (primary N) is 1. The third-order valence-corrected chi connectivity index (χ3v) is 4.31. The van der Waals surface area contributed by atoms with Gasteiger partial charge in [0, 0.05) is 33.8 Å². The molecule has 6 nitrogen and oxygen atoms in total. The Balaban J connectivity index is 3.54. The number of hydrogen-bond donors (Lipinski definition) is 2. The third kappa shape index (κ3) is 10.5. The first-order valence-corrected chi connectivity index (χ1v) is 8.75. The standard InChI is InChI=1S/C17H36N2O4/c1-5-15(19-16(18)20)13-11-9-7-6-8-10-12-14-17(21-2,22-3)23-4/h15H,5-14H2,1-4H3,(H3,18,19,20). The summed E-state index contributed by atoms with van der Waals surface area (Å²) in [6.45, 7) is 2.07. The van der Waals surface area contributed by atoms with Gasteiger partial charge in [-0.15, -0.1) is 0 Å². The van der Waals surface area contributed by atoms with Crippen LogP contribution in [0, 0.1) is 0 Å². The molecule has 0 aromatic carbocycles. The van der Waals surface area contributed by atoms with Crippen molar-refractivity contribution < 1.29 is 19.0 Å². The van der Waals surface area contributed by atoms with E-state index in [2.05, 4.69) is 12.2 Å². The first kappa shape index (κ1) is 22.1. The molecule has 1 unspecified atom stereocenters. The summed E-state index contributed by atoms with van der Waals surface area (Å²) in [7, 11) is 4.80. The maximum Gasteiger partial charge on any atom is 0.312 e. The Morgan fingerprint density at radius 2 is 1.43 bits per heavy atom. The van der Waals surface area contributed by atoms with E-state index in [0.29, 0.717) is 0 Å². The molecule has 0 spiro atoms. The topological polar surface area (TPSA) is 82.8 Å². The highest BCUT2D eigenvalue weighted by Crippen LogP contribution is 2.21. The van der Waals surface area contributed by atoms with Crippen molar-refractivity contribution in [2.45, 2.75) is 83.1 Å². The molecule has 2 amide bonds. The van der Waals surface area contributed by atoms with Crippen molar-refractivity contribution in [1.29, 1.82) is 0 Å². The van der Waals surface area contributed by atoms with Crippen molar-refractivity contribution in [2.75, 3.05) is 21.3 Å². The Hall–Kier alpha value is -0.850. The maximum absolute atomic E-state index is 10.8. The summed E-state index contributed by atoms with van der Waals surface area (Å²) in [6.07, 6.45) is 10.9. The molecular weight excluding hydrogens is 296 g/mol. The van der Waals surface area contributed by atoms with Gasteiger partial charge in [-0.2, -0.15) is 0 Å². The van der Waals surface area contributed by atoms with Crippen molar-refractivity contribution >= 4 is 6.03 Å². The van der Waals surface area contributed by atoms with Gasteiger partial charge in [0.05, 0.1) is 0 Å². The minimum Gasteiger partial charge on any atom is -0.352 e. The predicted octanol–water partition coefficient (Wildman–Crippen LogP) is 3.54. The Bertz CT molecular complexity index is 288. The van der Waals surface area contributed by atoms with Gasteiger partial charge in [-0.25, -0.2) is 4.79 Å². The normalized spacial score (nSPS) is 13.0. The number of carbonyl (C=O) groups excluding carboxylic acids is 1. The maximum atomic E-state index is 10.8. The van der Waals surface area contributed by atoms with Crippen LogP contribution in [0.3, 0.4) is 0 Å². The van der Waals surface area contributed by atoms with Crippen LogP contribution in [-0.4, -0.2) is 39.4 Å². The van der Waals surface area contributed by atoms with Crippen LogP contribution in [0.2, 0.25) is 0 Å². The third-order valence-electron chi connectivity index (χ3n) is 4.31. The van der Waals surface area contributed by atoms with Crippen LogP contribution in [0.1, 0.15) is 71.1 Å². The summed E-state index contributed by atoms with van der Waals surface area (Å²) in [5.74, 6) is -0.886. The van der Waals surface area contributed by atoms with Gasteiger partial charge in [-0.05, 0) is 19.3 Å². The molecule has 0 aliphatic heterocycles. The monoisotopic (exact) mass is 332 g/mol. The average molecular weight is 332 g/mol. The zero-order valence-corrected chi connectivity index (χ0v) is 15.4. The number of primary amides is 1. The van der Waals surface area contributed by atoms with E-state index in [1.807, 2.05) is 0 Å². The SMILES string of the molecule is CCC(CCCCCCCCCC(OC)(OC)OC)NC(N)=O. The lowest BCUT2D eigenvalue weighted by molar-refractivity contribution is -0.355. The molecule has 1 atom stereocenters. The quantitative estimate of drug-likeness (QED) is 0.355. The fraction of sp³-hybridized carbons (Fsp3) is 0.941. The van der Waals surface area contributed by atoms with Crippen LogP contribution in [0.25, 0.3) is 0 Å². The summed E-state index contributed by atoms with van der Waals surface area (Å²) in [5, 5.41) is 2.78. The minimum atomic E-state index is -0.886. The highest BCUT2D eigenvalue weighted by atomic mass is 16.9. The van der Waals surface area contributed by atoms with Gasteiger partial charge in [0.1, 0.15) is 0 Å². The van der Waals surface area contributed by atoms with Crippen molar-refractivity contribution in [3.05, 3.63) is 0 Å². The second-order valence-corrected chi connectivity index (χ2v) is 5.92. The van der Waals surface area contributed by atoms with Gasteiger partial charge in [-0.3, -0.25) is 0 Å². The molecule has 0 heterocycles. The molecule has 0 aromatic rings. The number of ether oxygens (including phenoxy) is 3. The van der Waals surface area contributed by atoms with Crippen LogP contribution in [0.15, 0.2) is 0 Å². The summed E-state index contributed by atoms with van der Waals surface area (Å²) in [4.78, 5) is 10.8. The van der Waals surface area contributed by atoms with Crippen molar-refractivity contribution in [3.63, 3.8) is 0 Å². The Morgan fingerprint density at radius 1 is 0.957 bits per heavy atom. The minimum absolute atomic E-state index is 0.220. The smallest absolute Gasteiger partial charge is 0.312 e. The summed E-state index contributed by atoms with van der Waals surface area (Å²) in [5.41, 5.74) is 5.15. The summed E-state index contributed by atoms with van der Waals surface area (Å²) < 4.78 is 15.8. The number of rotatable bonds is 15. The fourth-order valence-corrected chi connectivity index (χ4v) is 2.75.